The summed E-state index contributed by atoms with van der Waals surface area (Å²) in [5.41, 5.74) is 1.58. The van der Waals surface area contributed by atoms with E-state index in [1.165, 1.54) is 24.3 Å². The van der Waals surface area contributed by atoms with E-state index in [-0.39, 0.29) is 11.5 Å². The van der Waals surface area contributed by atoms with Crippen LogP contribution in [0.4, 0.5) is 26.3 Å². The third-order valence-corrected chi connectivity index (χ3v) is 4.38. The molecule has 0 aliphatic carbocycles. The Hall–Kier alpha value is -2.02. The number of benzene rings is 2. The SMILES string of the molecule is FC(F)(F)Oc1ccc(-c2ccc(Br)nc2)cc1.FC(F)(F)Oc1ccc(I)cc1. The standard InChI is InChI=1S/C12H7BrF3NO.C7H4F3IO/c13-11-6-3-9(7-17-11)8-1-4-10(5-2-8)18-12(14,15)16;8-7(9,10)12-6-3-1-5(11)2-4-6/h1-7H;1-4H. The predicted octanol–water partition coefficient (Wildman–Crippen LogP) is 7.60. The lowest BCUT2D eigenvalue weighted by Crippen LogP contribution is -2.16. The number of ether oxygens (including phenoxy) is 2. The van der Waals surface area contributed by atoms with Gasteiger partial charge in [-0.05, 0) is 86.5 Å². The van der Waals surface area contributed by atoms with Gasteiger partial charge in [0.1, 0.15) is 16.1 Å². The average Bonchev–Trinajstić information content (AvgIpc) is 2.63. The van der Waals surface area contributed by atoms with Crippen LogP contribution in [-0.2, 0) is 0 Å². The molecule has 0 aliphatic heterocycles. The first-order valence-corrected chi connectivity index (χ1v) is 9.77. The third kappa shape index (κ3) is 9.20. The van der Waals surface area contributed by atoms with Crippen LogP contribution in [0.25, 0.3) is 11.1 Å². The van der Waals surface area contributed by atoms with E-state index in [9.17, 15) is 26.3 Å². The lowest BCUT2D eigenvalue weighted by atomic mass is 10.1. The molecule has 30 heavy (non-hydrogen) atoms. The van der Waals surface area contributed by atoms with Crippen LogP contribution in [0.1, 0.15) is 0 Å². The summed E-state index contributed by atoms with van der Waals surface area (Å²) in [5.74, 6) is -0.431. The van der Waals surface area contributed by atoms with E-state index in [0.29, 0.717) is 4.60 Å². The molecule has 0 unspecified atom stereocenters. The Balaban J connectivity index is 0.000000232. The first-order chi connectivity index (χ1) is 13.9. The van der Waals surface area contributed by atoms with E-state index in [4.69, 9.17) is 0 Å². The molecule has 11 heteroatoms. The Labute approximate surface area is 189 Å². The van der Waals surface area contributed by atoms with E-state index >= 15 is 0 Å². The lowest BCUT2D eigenvalue weighted by Gasteiger charge is -2.09. The Kier molecular flexibility index (Phi) is 8.35. The molecule has 3 nitrogen and oxygen atoms in total. The molecule has 0 radical (unpaired) electrons. The Bertz CT molecular complexity index is 930. The summed E-state index contributed by atoms with van der Waals surface area (Å²) in [4.78, 5) is 4.04. The van der Waals surface area contributed by atoms with Gasteiger partial charge in [0.2, 0.25) is 0 Å². The molecule has 0 saturated carbocycles. The summed E-state index contributed by atoms with van der Waals surface area (Å²) in [6.45, 7) is 0. The zero-order chi connectivity index (χ0) is 22.4. The Morgan fingerprint density at radius 1 is 0.667 bits per heavy atom. The molecule has 160 valence electrons. The van der Waals surface area contributed by atoms with Crippen molar-refractivity contribution in [1.29, 1.82) is 0 Å². The van der Waals surface area contributed by atoms with Gasteiger partial charge in [0, 0.05) is 15.3 Å². The van der Waals surface area contributed by atoms with Crippen LogP contribution in [0, 0.1) is 3.57 Å². The number of aromatic nitrogens is 1. The highest BCUT2D eigenvalue weighted by molar-refractivity contribution is 14.1. The second kappa shape index (κ2) is 10.3. The van der Waals surface area contributed by atoms with E-state index in [0.717, 1.165) is 14.7 Å². The third-order valence-electron chi connectivity index (χ3n) is 3.20. The van der Waals surface area contributed by atoms with Gasteiger partial charge in [-0.2, -0.15) is 0 Å². The van der Waals surface area contributed by atoms with Crippen molar-refractivity contribution in [3.05, 3.63) is 75.0 Å². The second-order valence-electron chi connectivity index (χ2n) is 5.44. The van der Waals surface area contributed by atoms with Gasteiger partial charge < -0.3 is 9.47 Å². The summed E-state index contributed by atoms with van der Waals surface area (Å²) in [7, 11) is 0. The van der Waals surface area contributed by atoms with Crippen molar-refractivity contribution in [2.24, 2.45) is 0 Å². The topological polar surface area (TPSA) is 31.4 Å². The van der Waals surface area contributed by atoms with Gasteiger partial charge in [0.15, 0.2) is 0 Å². The summed E-state index contributed by atoms with van der Waals surface area (Å²) < 4.78 is 79.8. The van der Waals surface area contributed by atoms with Crippen LogP contribution in [0.15, 0.2) is 71.5 Å². The molecule has 3 rings (SSSR count). The van der Waals surface area contributed by atoms with E-state index in [1.807, 2.05) is 28.7 Å². The molecule has 1 heterocycles. The summed E-state index contributed by atoms with van der Waals surface area (Å²) in [5, 5.41) is 0. The zero-order valence-corrected chi connectivity index (χ0v) is 18.4. The van der Waals surface area contributed by atoms with Crippen molar-refractivity contribution in [1.82, 2.24) is 4.98 Å². The molecule has 0 spiro atoms. The van der Waals surface area contributed by atoms with Crippen LogP contribution in [0.5, 0.6) is 11.5 Å². The number of alkyl halides is 6. The molecule has 0 saturated heterocycles. The van der Waals surface area contributed by atoms with Gasteiger partial charge in [-0.3, -0.25) is 0 Å². The minimum absolute atomic E-state index is 0.192. The highest BCUT2D eigenvalue weighted by atomic mass is 127. The number of halogens is 8. The molecule has 0 aliphatic rings. The van der Waals surface area contributed by atoms with Crippen molar-refractivity contribution >= 4 is 38.5 Å². The minimum Gasteiger partial charge on any atom is -0.406 e. The maximum absolute atomic E-state index is 12.0. The molecule has 0 N–H and O–H groups in total. The van der Waals surface area contributed by atoms with E-state index in [2.05, 4.69) is 30.4 Å². The minimum atomic E-state index is -4.67. The summed E-state index contributed by atoms with van der Waals surface area (Å²) in [6.07, 6.45) is -7.64. The van der Waals surface area contributed by atoms with Gasteiger partial charge in [-0.1, -0.05) is 18.2 Å². The fourth-order valence-electron chi connectivity index (χ4n) is 2.03. The maximum Gasteiger partial charge on any atom is 0.573 e. The Morgan fingerprint density at radius 3 is 1.50 bits per heavy atom. The molecule has 2 aromatic carbocycles. The molecule has 0 bridgehead atoms. The highest BCUT2D eigenvalue weighted by Crippen LogP contribution is 2.26. The number of nitrogens with zero attached hydrogens (tertiary/aromatic N) is 1. The van der Waals surface area contributed by atoms with Gasteiger partial charge in [0.05, 0.1) is 0 Å². The Morgan fingerprint density at radius 2 is 1.10 bits per heavy atom. The van der Waals surface area contributed by atoms with Gasteiger partial charge in [0.25, 0.3) is 0 Å². The predicted molar refractivity (Wildman–Crippen MR) is 110 cm³/mol. The van der Waals surface area contributed by atoms with E-state index < -0.39 is 12.7 Å². The lowest BCUT2D eigenvalue weighted by molar-refractivity contribution is -0.275. The molecule has 0 atom stereocenters. The average molecular weight is 606 g/mol. The molecule has 1 aromatic heterocycles. The van der Waals surface area contributed by atoms with E-state index in [1.54, 1.807) is 36.5 Å². The van der Waals surface area contributed by atoms with Crippen LogP contribution < -0.4 is 9.47 Å². The fourth-order valence-corrected chi connectivity index (χ4v) is 2.63. The number of rotatable bonds is 3. The first kappa shape index (κ1) is 24.3. The van der Waals surface area contributed by atoms with Crippen LogP contribution in [-0.4, -0.2) is 17.7 Å². The van der Waals surface area contributed by atoms with Gasteiger partial charge in [-0.15, -0.1) is 26.3 Å². The van der Waals surface area contributed by atoms with Gasteiger partial charge >= 0.3 is 12.7 Å². The van der Waals surface area contributed by atoms with Crippen molar-refractivity contribution in [3.8, 4) is 22.6 Å². The summed E-state index contributed by atoms with van der Waals surface area (Å²) in [6, 6.07) is 14.8. The number of hydrogen-bond donors (Lipinski definition) is 0. The van der Waals surface area contributed by atoms with Crippen molar-refractivity contribution < 1.29 is 35.8 Å². The van der Waals surface area contributed by atoms with Crippen LogP contribution in [0.3, 0.4) is 0 Å². The molecule has 3 aromatic rings. The van der Waals surface area contributed by atoms with Crippen LogP contribution >= 0.6 is 38.5 Å². The molecular formula is C19H11BrF6INO2. The van der Waals surface area contributed by atoms with Crippen molar-refractivity contribution in [3.63, 3.8) is 0 Å². The number of pyridine rings is 1. The van der Waals surface area contributed by atoms with Crippen LogP contribution in [0.2, 0.25) is 0 Å². The first-order valence-electron chi connectivity index (χ1n) is 7.90. The van der Waals surface area contributed by atoms with Crippen molar-refractivity contribution in [2.75, 3.05) is 0 Å². The molecule has 0 amide bonds. The fraction of sp³-hybridized carbons (Fsp3) is 0.105. The second-order valence-corrected chi connectivity index (χ2v) is 7.50. The normalized spacial score (nSPS) is 11.3. The smallest absolute Gasteiger partial charge is 0.406 e. The molecular weight excluding hydrogens is 595 g/mol. The monoisotopic (exact) mass is 605 g/mol. The highest BCUT2D eigenvalue weighted by Gasteiger charge is 2.31. The van der Waals surface area contributed by atoms with Crippen molar-refractivity contribution in [2.45, 2.75) is 12.7 Å². The zero-order valence-electron chi connectivity index (χ0n) is 14.6. The van der Waals surface area contributed by atoms with Gasteiger partial charge in [-0.25, -0.2) is 4.98 Å². The summed E-state index contributed by atoms with van der Waals surface area (Å²) >= 11 is 5.20. The maximum atomic E-state index is 12.0. The molecule has 0 fully saturated rings. The quantitative estimate of drug-likeness (QED) is 0.175. The number of hydrogen-bond acceptors (Lipinski definition) is 3. The largest absolute Gasteiger partial charge is 0.573 e.